The number of carbonyl (C=O) groups excluding carboxylic acids is 1. The van der Waals surface area contributed by atoms with Gasteiger partial charge in [0.15, 0.2) is 0 Å². The molecule has 34 heavy (non-hydrogen) atoms. The molecule has 0 unspecified atom stereocenters. The lowest BCUT2D eigenvalue weighted by Crippen LogP contribution is -2.36. The van der Waals surface area contributed by atoms with E-state index < -0.39 is 18.2 Å². The van der Waals surface area contributed by atoms with Crippen molar-refractivity contribution in [1.29, 1.82) is 0 Å². The van der Waals surface area contributed by atoms with Gasteiger partial charge in [0.1, 0.15) is 11.5 Å². The minimum atomic E-state index is -4.81. The van der Waals surface area contributed by atoms with Crippen LogP contribution >= 0.6 is 0 Å². The van der Waals surface area contributed by atoms with Gasteiger partial charge in [0, 0.05) is 11.3 Å². The highest BCUT2D eigenvalue weighted by Gasteiger charge is 2.31. The molecule has 6 nitrogen and oxygen atoms in total. The second-order valence-electron chi connectivity index (χ2n) is 7.28. The molecule has 0 aromatic heterocycles. The van der Waals surface area contributed by atoms with Crippen LogP contribution in [0.2, 0.25) is 0 Å². The maximum absolute atomic E-state index is 12.5. The number of anilines is 1. The highest BCUT2D eigenvalue weighted by atomic mass is 19.4. The van der Waals surface area contributed by atoms with Crippen molar-refractivity contribution >= 4 is 17.6 Å². The summed E-state index contributed by atoms with van der Waals surface area (Å²) >= 11 is 0. The quantitative estimate of drug-likeness (QED) is 0.428. The monoisotopic (exact) mass is 473 g/mol. The molecule has 0 aliphatic heterocycles. The van der Waals surface area contributed by atoms with Gasteiger partial charge in [0.25, 0.3) is 0 Å². The Morgan fingerprint density at radius 1 is 0.971 bits per heavy atom. The minimum absolute atomic E-state index is 0.0128. The lowest BCUT2D eigenvalue weighted by molar-refractivity contribution is -0.274. The number of carbonyl (C=O) groups is 2. The van der Waals surface area contributed by atoms with Crippen LogP contribution in [-0.2, 0) is 16.1 Å². The second kappa shape index (κ2) is 10.7. The molecule has 1 N–H and O–H groups in total. The number of carboxylic acids is 1. The van der Waals surface area contributed by atoms with Crippen LogP contribution < -0.4 is 14.4 Å². The highest BCUT2D eigenvalue weighted by molar-refractivity contribution is 6.37. The summed E-state index contributed by atoms with van der Waals surface area (Å²) in [5.74, 6) is -2.67. The zero-order valence-corrected chi connectivity index (χ0v) is 18.2. The first kappa shape index (κ1) is 24.6. The van der Waals surface area contributed by atoms with E-state index in [4.69, 9.17) is 4.74 Å². The third-order valence-corrected chi connectivity index (χ3v) is 4.75. The lowest BCUT2D eigenvalue weighted by atomic mass is 10.0. The average Bonchev–Trinajstić information content (AvgIpc) is 2.81. The van der Waals surface area contributed by atoms with Gasteiger partial charge >= 0.3 is 18.2 Å². The Morgan fingerprint density at radius 3 is 2.24 bits per heavy atom. The fourth-order valence-electron chi connectivity index (χ4n) is 3.25. The van der Waals surface area contributed by atoms with Crippen LogP contribution in [0, 0.1) is 0 Å². The smallest absolute Gasteiger partial charge is 0.493 e. The summed E-state index contributed by atoms with van der Waals surface area (Å²) in [7, 11) is 0. The van der Waals surface area contributed by atoms with Crippen molar-refractivity contribution in [3.63, 3.8) is 0 Å². The molecule has 0 fully saturated rings. The number of nitrogens with zero attached hydrogens (tertiary/aromatic N) is 1. The average molecular weight is 473 g/mol. The number of alkyl halides is 3. The van der Waals surface area contributed by atoms with E-state index in [2.05, 4.69) is 4.74 Å². The van der Waals surface area contributed by atoms with E-state index in [-0.39, 0.29) is 12.3 Å². The molecule has 0 saturated carbocycles. The first-order valence-electron chi connectivity index (χ1n) is 10.4. The molecular weight excluding hydrogens is 451 g/mol. The fourth-order valence-corrected chi connectivity index (χ4v) is 3.25. The molecule has 3 rings (SSSR count). The number of aliphatic carboxylic acids is 1. The number of rotatable bonds is 8. The van der Waals surface area contributed by atoms with Crippen molar-refractivity contribution in [2.75, 3.05) is 11.5 Å². The number of halogens is 3. The minimum Gasteiger partial charge on any atom is -0.493 e. The van der Waals surface area contributed by atoms with Gasteiger partial charge in [-0.1, -0.05) is 49.4 Å². The first-order chi connectivity index (χ1) is 16.2. The molecule has 0 saturated heterocycles. The Labute approximate surface area is 194 Å². The SMILES string of the molecule is CCCOc1ccc(N(Cc2ccccc2)C(=O)C(=O)O)cc1-c1ccc(OC(F)(F)F)cc1. The number of hydrogen-bond acceptors (Lipinski definition) is 4. The number of hydrogen-bond donors (Lipinski definition) is 1. The lowest BCUT2D eigenvalue weighted by Gasteiger charge is -2.23. The topological polar surface area (TPSA) is 76.1 Å². The van der Waals surface area contributed by atoms with Crippen molar-refractivity contribution in [3.8, 4) is 22.6 Å². The van der Waals surface area contributed by atoms with Crippen LogP contribution in [0.4, 0.5) is 18.9 Å². The Kier molecular flexibility index (Phi) is 7.78. The van der Waals surface area contributed by atoms with Crippen molar-refractivity contribution in [3.05, 3.63) is 78.4 Å². The van der Waals surface area contributed by atoms with Crippen LogP contribution in [0.25, 0.3) is 11.1 Å². The van der Waals surface area contributed by atoms with Crippen molar-refractivity contribution in [2.45, 2.75) is 26.3 Å². The summed E-state index contributed by atoms with van der Waals surface area (Å²) in [6.45, 7) is 2.33. The van der Waals surface area contributed by atoms with E-state index in [9.17, 15) is 27.9 Å². The van der Waals surface area contributed by atoms with E-state index in [0.29, 0.717) is 29.2 Å². The zero-order valence-electron chi connectivity index (χ0n) is 18.2. The molecule has 0 atom stereocenters. The van der Waals surface area contributed by atoms with Crippen molar-refractivity contribution < 1.29 is 37.3 Å². The number of benzene rings is 3. The van der Waals surface area contributed by atoms with Gasteiger partial charge in [-0.15, -0.1) is 13.2 Å². The summed E-state index contributed by atoms with van der Waals surface area (Å²) in [4.78, 5) is 25.1. The molecule has 0 bridgehead atoms. The van der Waals surface area contributed by atoms with Gasteiger partial charge in [0.2, 0.25) is 0 Å². The first-order valence-corrected chi connectivity index (χ1v) is 10.4. The van der Waals surface area contributed by atoms with Crippen molar-refractivity contribution in [1.82, 2.24) is 0 Å². The number of ether oxygens (including phenoxy) is 2. The summed E-state index contributed by atoms with van der Waals surface area (Å²) in [6, 6.07) is 18.8. The third-order valence-electron chi connectivity index (χ3n) is 4.75. The second-order valence-corrected chi connectivity index (χ2v) is 7.28. The summed E-state index contributed by atoms with van der Waals surface area (Å²) in [6.07, 6.45) is -4.09. The standard InChI is InChI=1S/C25H22F3NO5/c1-2-14-33-22-13-10-19(29(23(30)24(31)32)16-17-6-4-3-5-7-17)15-21(22)18-8-11-20(12-9-18)34-25(26,27)28/h3-13,15H,2,14,16H2,1H3,(H,31,32). The molecule has 1 amide bonds. The molecule has 9 heteroatoms. The number of amides is 1. The summed E-state index contributed by atoms with van der Waals surface area (Å²) < 4.78 is 47.2. The number of carboxylic acid groups (broad SMARTS) is 1. The summed E-state index contributed by atoms with van der Waals surface area (Å²) in [5.41, 5.74) is 2.01. The van der Waals surface area contributed by atoms with Crippen LogP contribution in [0.5, 0.6) is 11.5 Å². The molecule has 0 radical (unpaired) electrons. The van der Waals surface area contributed by atoms with E-state index in [1.807, 2.05) is 6.92 Å². The van der Waals surface area contributed by atoms with Crippen molar-refractivity contribution in [2.24, 2.45) is 0 Å². The van der Waals surface area contributed by atoms with E-state index >= 15 is 0 Å². The molecule has 0 aliphatic rings. The molecule has 3 aromatic carbocycles. The maximum atomic E-state index is 12.5. The molecule has 0 spiro atoms. The largest absolute Gasteiger partial charge is 0.573 e. The molecule has 0 aliphatic carbocycles. The zero-order chi connectivity index (χ0) is 24.7. The molecule has 178 valence electrons. The Morgan fingerprint density at radius 2 is 1.65 bits per heavy atom. The van der Waals surface area contributed by atoms with Gasteiger partial charge in [-0.2, -0.15) is 0 Å². The summed E-state index contributed by atoms with van der Waals surface area (Å²) in [5, 5.41) is 9.35. The van der Waals surface area contributed by atoms with Crippen LogP contribution in [0.15, 0.2) is 72.8 Å². The Bertz CT molecular complexity index is 1130. The predicted molar refractivity (Wildman–Crippen MR) is 120 cm³/mol. The Hall–Kier alpha value is -4.01. The fraction of sp³-hybridized carbons (Fsp3) is 0.200. The normalized spacial score (nSPS) is 11.1. The molecule has 3 aromatic rings. The van der Waals surface area contributed by atoms with E-state index in [0.717, 1.165) is 16.9 Å². The van der Waals surface area contributed by atoms with Gasteiger partial charge in [0.05, 0.1) is 13.2 Å². The highest BCUT2D eigenvalue weighted by Crippen LogP contribution is 2.36. The van der Waals surface area contributed by atoms with E-state index in [1.165, 1.54) is 24.3 Å². The van der Waals surface area contributed by atoms with Gasteiger partial charge in [-0.25, -0.2) is 4.79 Å². The van der Waals surface area contributed by atoms with Gasteiger partial charge in [-0.05, 0) is 47.9 Å². The molecule has 0 heterocycles. The molecular formula is C25H22F3NO5. The van der Waals surface area contributed by atoms with E-state index in [1.54, 1.807) is 48.5 Å². The van der Waals surface area contributed by atoms with Crippen LogP contribution in [0.3, 0.4) is 0 Å². The van der Waals surface area contributed by atoms with Gasteiger partial charge < -0.3 is 14.6 Å². The third kappa shape index (κ3) is 6.50. The maximum Gasteiger partial charge on any atom is 0.573 e. The van der Waals surface area contributed by atoms with Crippen LogP contribution in [-0.4, -0.2) is 30.0 Å². The Balaban J connectivity index is 2.03. The van der Waals surface area contributed by atoms with Gasteiger partial charge in [-0.3, -0.25) is 9.69 Å². The van der Waals surface area contributed by atoms with Crippen LogP contribution in [0.1, 0.15) is 18.9 Å². The predicted octanol–water partition coefficient (Wildman–Crippen LogP) is 5.66.